The molecule has 25 heavy (non-hydrogen) atoms. The highest BCUT2D eigenvalue weighted by atomic mass is 16.5. The first kappa shape index (κ1) is 18.2. The molecule has 0 spiro atoms. The van der Waals surface area contributed by atoms with Gasteiger partial charge in [0.15, 0.2) is 0 Å². The Morgan fingerprint density at radius 3 is 2.28 bits per heavy atom. The van der Waals surface area contributed by atoms with Gasteiger partial charge in [-0.3, -0.25) is 4.79 Å². The van der Waals surface area contributed by atoms with Crippen molar-refractivity contribution in [3.05, 3.63) is 29.8 Å². The number of ether oxygens (including phenoxy) is 1. The SMILES string of the molecule is CCN(CC)C(=O)c1ccc(OCCCCN2CC3CCC3C2)cc1. The minimum Gasteiger partial charge on any atom is -0.494 e. The van der Waals surface area contributed by atoms with Crippen molar-refractivity contribution in [2.24, 2.45) is 11.8 Å². The Kier molecular flexibility index (Phi) is 6.35. The molecule has 4 heteroatoms. The zero-order valence-corrected chi connectivity index (χ0v) is 15.7. The summed E-state index contributed by atoms with van der Waals surface area (Å²) in [6.07, 6.45) is 5.21. The molecule has 1 heterocycles. The van der Waals surface area contributed by atoms with Gasteiger partial charge in [0.25, 0.3) is 5.91 Å². The number of nitrogens with zero attached hydrogens (tertiary/aromatic N) is 2. The minimum absolute atomic E-state index is 0.0936. The van der Waals surface area contributed by atoms with Crippen LogP contribution in [0.4, 0.5) is 0 Å². The van der Waals surface area contributed by atoms with E-state index in [9.17, 15) is 4.79 Å². The largest absolute Gasteiger partial charge is 0.494 e. The van der Waals surface area contributed by atoms with E-state index in [2.05, 4.69) is 4.90 Å². The first-order chi connectivity index (χ1) is 12.2. The first-order valence-corrected chi connectivity index (χ1v) is 9.95. The predicted molar refractivity (Wildman–Crippen MR) is 101 cm³/mol. The summed E-state index contributed by atoms with van der Waals surface area (Å²) in [5.41, 5.74) is 0.736. The van der Waals surface area contributed by atoms with Crippen LogP contribution in [0.25, 0.3) is 0 Å². The molecule has 1 aromatic rings. The maximum Gasteiger partial charge on any atom is 0.253 e. The molecule has 1 aliphatic carbocycles. The van der Waals surface area contributed by atoms with Crippen molar-refractivity contribution in [3.8, 4) is 5.75 Å². The maximum absolute atomic E-state index is 12.3. The molecule has 2 atom stereocenters. The third-order valence-electron chi connectivity index (χ3n) is 5.85. The molecule has 2 unspecified atom stereocenters. The quantitative estimate of drug-likeness (QED) is 0.641. The molecule has 2 fully saturated rings. The van der Waals surface area contributed by atoms with Gasteiger partial charge in [0.1, 0.15) is 5.75 Å². The van der Waals surface area contributed by atoms with Gasteiger partial charge in [-0.05, 0) is 82.2 Å². The zero-order valence-electron chi connectivity index (χ0n) is 15.7. The van der Waals surface area contributed by atoms with Crippen LogP contribution in [0.3, 0.4) is 0 Å². The number of benzene rings is 1. The number of hydrogen-bond donors (Lipinski definition) is 0. The van der Waals surface area contributed by atoms with Crippen molar-refractivity contribution in [1.29, 1.82) is 0 Å². The zero-order chi connectivity index (χ0) is 17.6. The highest BCUT2D eigenvalue weighted by Crippen LogP contribution is 2.40. The minimum atomic E-state index is 0.0936. The Labute approximate surface area is 152 Å². The second kappa shape index (κ2) is 8.70. The number of amides is 1. The number of fused-ring (bicyclic) bond motifs is 1. The lowest BCUT2D eigenvalue weighted by Gasteiger charge is -2.28. The number of likely N-dealkylation sites (tertiary alicyclic amines) is 1. The number of carbonyl (C=O) groups is 1. The molecule has 0 bridgehead atoms. The lowest BCUT2D eigenvalue weighted by molar-refractivity contribution is 0.0773. The summed E-state index contributed by atoms with van der Waals surface area (Å²) in [7, 11) is 0. The van der Waals surface area contributed by atoms with Gasteiger partial charge in [0.05, 0.1) is 6.61 Å². The molecule has 138 valence electrons. The fraction of sp³-hybridized carbons (Fsp3) is 0.667. The lowest BCUT2D eigenvalue weighted by atomic mass is 9.77. The summed E-state index contributed by atoms with van der Waals surface area (Å²) in [5.74, 6) is 2.97. The molecule has 0 radical (unpaired) electrons. The van der Waals surface area contributed by atoms with Crippen LogP contribution in [-0.2, 0) is 0 Å². The summed E-state index contributed by atoms with van der Waals surface area (Å²) in [5, 5.41) is 0. The van der Waals surface area contributed by atoms with Gasteiger partial charge in [0, 0.05) is 31.7 Å². The van der Waals surface area contributed by atoms with E-state index in [-0.39, 0.29) is 5.91 Å². The standard InChI is InChI=1S/C21H32N2O2/c1-3-23(4-2)21(24)17-9-11-20(12-10-17)25-14-6-5-13-22-15-18-7-8-19(18)16-22/h9-12,18-19H,3-8,13-16H2,1-2H3. The fourth-order valence-electron chi connectivity index (χ4n) is 4.05. The van der Waals surface area contributed by atoms with E-state index in [4.69, 9.17) is 4.74 Å². The van der Waals surface area contributed by atoms with E-state index in [0.717, 1.165) is 49.3 Å². The summed E-state index contributed by atoms with van der Waals surface area (Å²) in [6, 6.07) is 7.57. The van der Waals surface area contributed by atoms with E-state index in [1.807, 2.05) is 43.0 Å². The van der Waals surface area contributed by atoms with Crippen molar-refractivity contribution in [1.82, 2.24) is 9.80 Å². The Balaban J connectivity index is 1.33. The molecule has 4 nitrogen and oxygen atoms in total. The topological polar surface area (TPSA) is 32.8 Å². The van der Waals surface area contributed by atoms with E-state index in [1.54, 1.807) is 0 Å². The van der Waals surface area contributed by atoms with E-state index >= 15 is 0 Å². The summed E-state index contributed by atoms with van der Waals surface area (Å²) >= 11 is 0. The summed E-state index contributed by atoms with van der Waals surface area (Å²) in [6.45, 7) is 10.1. The van der Waals surface area contributed by atoms with Crippen LogP contribution >= 0.6 is 0 Å². The summed E-state index contributed by atoms with van der Waals surface area (Å²) < 4.78 is 5.83. The lowest BCUT2D eigenvalue weighted by Crippen LogP contribution is -2.30. The predicted octanol–water partition coefficient (Wildman–Crippen LogP) is 3.67. The molecule has 0 N–H and O–H groups in total. The molecule has 1 aromatic carbocycles. The summed E-state index contributed by atoms with van der Waals surface area (Å²) in [4.78, 5) is 16.7. The molecule has 0 aromatic heterocycles. The molecule has 1 aliphatic heterocycles. The Hall–Kier alpha value is -1.55. The van der Waals surface area contributed by atoms with Gasteiger partial charge in [-0.2, -0.15) is 0 Å². The van der Waals surface area contributed by atoms with Gasteiger partial charge in [-0.25, -0.2) is 0 Å². The number of hydrogen-bond acceptors (Lipinski definition) is 3. The van der Waals surface area contributed by atoms with E-state index < -0.39 is 0 Å². The van der Waals surface area contributed by atoms with Crippen molar-refractivity contribution < 1.29 is 9.53 Å². The van der Waals surface area contributed by atoms with Gasteiger partial charge in [-0.15, -0.1) is 0 Å². The van der Waals surface area contributed by atoms with Crippen LogP contribution in [0.2, 0.25) is 0 Å². The molecule has 1 saturated carbocycles. The Morgan fingerprint density at radius 1 is 1.08 bits per heavy atom. The first-order valence-electron chi connectivity index (χ1n) is 9.95. The van der Waals surface area contributed by atoms with Gasteiger partial charge < -0.3 is 14.5 Å². The third-order valence-corrected chi connectivity index (χ3v) is 5.85. The second-order valence-electron chi connectivity index (χ2n) is 7.41. The highest BCUT2D eigenvalue weighted by Gasteiger charge is 2.38. The van der Waals surface area contributed by atoms with E-state index in [0.29, 0.717) is 0 Å². The van der Waals surface area contributed by atoms with Crippen LogP contribution in [-0.4, -0.2) is 55.0 Å². The van der Waals surface area contributed by atoms with Gasteiger partial charge >= 0.3 is 0 Å². The average Bonchev–Trinajstić information content (AvgIpc) is 2.90. The molecule has 1 amide bonds. The molecule has 3 rings (SSSR count). The number of rotatable bonds is 9. The Bertz CT molecular complexity index is 542. The van der Waals surface area contributed by atoms with Crippen LogP contribution in [0.1, 0.15) is 49.9 Å². The molecule has 2 aliphatic rings. The van der Waals surface area contributed by atoms with E-state index in [1.165, 1.54) is 38.9 Å². The normalized spacial score (nSPS) is 22.3. The average molecular weight is 344 g/mol. The molecular formula is C21H32N2O2. The van der Waals surface area contributed by atoms with Crippen LogP contribution in [0.5, 0.6) is 5.75 Å². The molecular weight excluding hydrogens is 312 g/mol. The van der Waals surface area contributed by atoms with Gasteiger partial charge in [-0.1, -0.05) is 0 Å². The number of unbranched alkanes of at least 4 members (excludes halogenated alkanes) is 1. The van der Waals surface area contributed by atoms with Crippen LogP contribution < -0.4 is 4.74 Å². The highest BCUT2D eigenvalue weighted by molar-refractivity contribution is 5.94. The Morgan fingerprint density at radius 2 is 1.72 bits per heavy atom. The molecule has 1 saturated heterocycles. The smallest absolute Gasteiger partial charge is 0.253 e. The second-order valence-corrected chi connectivity index (χ2v) is 7.41. The van der Waals surface area contributed by atoms with Gasteiger partial charge in [0.2, 0.25) is 0 Å². The van der Waals surface area contributed by atoms with Crippen molar-refractivity contribution >= 4 is 5.91 Å². The van der Waals surface area contributed by atoms with Crippen molar-refractivity contribution in [2.45, 2.75) is 39.5 Å². The third kappa shape index (κ3) is 4.55. The van der Waals surface area contributed by atoms with Crippen LogP contribution in [0.15, 0.2) is 24.3 Å². The monoisotopic (exact) mass is 344 g/mol. The number of carbonyl (C=O) groups excluding carboxylic acids is 1. The van der Waals surface area contributed by atoms with Crippen LogP contribution in [0, 0.1) is 11.8 Å². The maximum atomic E-state index is 12.3. The van der Waals surface area contributed by atoms with Crippen molar-refractivity contribution in [2.75, 3.05) is 39.3 Å². The van der Waals surface area contributed by atoms with Crippen molar-refractivity contribution in [3.63, 3.8) is 0 Å². The fourth-order valence-corrected chi connectivity index (χ4v) is 4.05.